The molecule has 0 aliphatic heterocycles. The Labute approximate surface area is 81.5 Å². The molecule has 0 aliphatic rings. The topological polar surface area (TPSA) is 23.8 Å². The van der Waals surface area contributed by atoms with E-state index in [1.54, 1.807) is 0 Å². The van der Waals surface area contributed by atoms with Crippen molar-refractivity contribution < 1.29 is 71.5 Å². The summed E-state index contributed by atoms with van der Waals surface area (Å²) in [6.45, 7) is 4.75. The zero-order valence-electron chi connectivity index (χ0n) is 2.28. The van der Waals surface area contributed by atoms with Crippen LogP contribution in [0, 0.1) is 11.8 Å². The van der Waals surface area contributed by atoms with E-state index in [0.29, 0.717) is 0 Å². The second-order valence-corrected chi connectivity index (χ2v) is 0. The fourth-order valence-electron chi connectivity index (χ4n) is 0. The first-order valence-electron chi connectivity index (χ1n) is 0.224. The zero-order valence-corrected chi connectivity index (χ0v) is 7.80. The summed E-state index contributed by atoms with van der Waals surface area (Å²) in [5.41, 5.74) is 0. The molecule has 1 radical (unpaired) electrons. The quantitative estimate of drug-likeness (QED) is 0.337. The van der Waals surface area contributed by atoms with Gasteiger partial charge in [0.2, 0.25) is 0 Å². The molecule has 4 heavy (non-hydrogen) atoms. The van der Waals surface area contributed by atoms with Crippen LogP contribution >= 0.6 is 0 Å². The largest absolute Gasteiger partial charge is 1.00 e. The molecule has 0 saturated heterocycles. The predicted octanol–water partition coefficient (Wildman–Crippen LogP) is -2.90. The smallest absolute Gasteiger partial charge is 0.512 e. The fraction of sp³-hybridized carbons (Fsp3) is 0. The third-order valence-corrected chi connectivity index (χ3v) is 0. The normalized spacial score (nSPS) is 0.500. The molecule has 0 atom stereocenters. The Balaban J connectivity index is -0.00000000500. The number of hydrogen-bond acceptors (Lipinski definition) is 1. The molecule has 0 amide bonds. The minimum atomic E-state index is 0. The first-order chi connectivity index (χ1) is 1.00. The summed E-state index contributed by atoms with van der Waals surface area (Å²) in [6.07, 6.45) is 0. The van der Waals surface area contributed by atoms with Crippen LogP contribution in [0.4, 0.5) is 0 Å². The Morgan fingerprint density at radius 1 is 1.25 bits per heavy atom. The SMILES string of the molecule is [C-]#N.[Ir].[K+]. The molecule has 0 fully saturated rings. The summed E-state index contributed by atoms with van der Waals surface area (Å²) in [5.74, 6) is 0. The van der Waals surface area contributed by atoms with Gasteiger partial charge in [0, 0.05) is 20.1 Å². The maximum atomic E-state index is 6.25. The first-order valence-corrected chi connectivity index (χ1v) is 0.224. The van der Waals surface area contributed by atoms with E-state index < -0.39 is 0 Å². The van der Waals surface area contributed by atoms with Crippen molar-refractivity contribution in [3.63, 3.8) is 0 Å². The average molecular weight is 257 g/mol. The second-order valence-electron chi connectivity index (χ2n) is 0. The third-order valence-electron chi connectivity index (χ3n) is 0. The summed E-state index contributed by atoms with van der Waals surface area (Å²) in [7, 11) is 0. The van der Waals surface area contributed by atoms with Gasteiger partial charge in [0.05, 0.1) is 0 Å². The molecule has 0 aromatic carbocycles. The minimum absolute atomic E-state index is 0. The van der Waals surface area contributed by atoms with E-state index in [1.807, 2.05) is 0 Å². The molecule has 3 heteroatoms. The van der Waals surface area contributed by atoms with Crippen LogP contribution in [0.2, 0.25) is 0 Å². The van der Waals surface area contributed by atoms with Crippen molar-refractivity contribution >= 4 is 0 Å². The Bertz CT molecular complexity index is 12.8. The van der Waals surface area contributed by atoms with Gasteiger partial charge in [-0.15, -0.1) is 0 Å². The van der Waals surface area contributed by atoms with Gasteiger partial charge < -0.3 is 11.8 Å². The summed E-state index contributed by atoms with van der Waals surface area (Å²) in [6, 6.07) is 0. The first kappa shape index (κ1) is 17.1. The summed E-state index contributed by atoms with van der Waals surface area (Å²) in [4.78, 5) is 0. The Hall–Kier alpha value is 1.78. The number of hydrogen-bond donors (Lipinski definition) is 0. The molecule has 0 unspecified atom stereocenters. The molecule has 19 valence electrons. The van der Waals surface area contributed by atoms with E-state index in [-0.39, 0.29) is 71.5 Å². The molecular formula is CIrKN. The predicted molar refractivity (Wildman–Crippen MR) is 4.97 cm³/mol. The van der Waals surface area contributed by atoms with Gasteiger partial charge >= 0.3 is 51.4 Å². The van der Waals surface area contributed by atoms with Gasteiger partial charge in [-0.3, -0.25) is 0 Å². The molecule has 0 N–H and O–H groups in total. The van der Waals surface area contributed by atoms with Gasteiger partial charge in [-0.05, 0) is 0 Å². The van der Waals surface area contributed by atoms with Crippen molar-refractivity contribution in [3.05, 3.63) is 6.57 Å². The van der Waals surface area contributed by atoms with Crippen LogP contribution in [-0.2, 0) is 20.1 Å². The minimum Gasteiger partial charge on any atom is -0.512 e. The molecular weight excluding hydrogens is 257 g/mol. The van der Waals surface area contributed by atoms with Crippen molar-refractivity contribution in [1.82, 2.24) is 0 Å². The molecule has 0 saturated carbocycles. The van der Waals surface area contributed by atoms with Crippen LogP contribution in [0.5, 0.6) is 0 Å². The van der Waals surface area contributed by atoms with Crippen molar-refractivity contribution in [2.45, 2.75) is 0 Å². The van der Waals surface area contributed by atoms with Crippen molar-refractivity contribution in [2.75, 3.05) is 0 Å². The average Bonchev–Trinajstić information content (AvgIpc) is 1.00. The molecule has 0 bridgehead atoms. The number of nitrogens with zero attached hydrogens (tertiary/aromatic N) is 1. The van der Waals surface area contributed by atoms with E-state index in [0.717, 1.165) is 0 Å². The van der Waals surface area contributed by atoms with Crippen molar-refractivity contribution in [1.29, 1.82) is 5.26 Å². The Morgan fingerprint density at radius 2 is 1.25 bits per heavy atom. The standard InChI is InChI=1S/CN.Ir.K/c1-2;;/q-1;;+1. The van der Waals surface area contributed by atoms with Gasteiger partial charge in [-0.2, -0.15) is 0 Å². The fourth-order valence-corrected chi connectivity index (χ4v) is 0. The van der Waals surface area contributed by atoms with E-state index in [2.05, 4.69) is 0 Å². The molecule has 0 aromatic heterocycles. The molecule has 0 heterocycles. The van der Waals surface area contributed by atoms with E-state index in [9.17, 15) is 0 Å². The molecule has 0 spiro atoms. The van der Waals surface area contributed by atoms with E-state index in [4.69, 9.17) is 11.8 Å². The molecule has 0 rings (SSSR count). The maximum Gasteiger partial charge on any atom is 1.00 e. The Kier molecular flexibility index (Phi) is 92.3. The van der Waals surface area contributed by atoms with E-state index in [1.165, 1.54) is 0 Å². The summed E-state index contributed by atoms with van der Waals surface area (Å²) < 4.78 is 0. The van der Waals surface area contributed by atoms with Gasteiger partial charge in [0.1, 0.15) is 0 Å². The van der Waals surface area contributed by atoms with E-state index >= 15 is 0 Å². The molecule has 0 aliphatic carbocycles. The van der Waals surface area contributed by atoms with Crippen molar-refractivity contribution in [3.8, 4) is 0 Å². The van der Waals surface area contributed by atoms with Crippen LogP contribution < -0.4 is 51.4 Å². The third kappa shape index (κ3) is 9.23. The molecule has 0 aromatic rings. The number of rotatable bonds is 0. The Morgan fingerprint density at radius 3 is 1.25 bits per heavy atom. The summed E-state index contributed by atoms with van der Waals surface area (Å²) in [5, 5.41) is 6.25. The van der Waals surface area contributed by atoms with Gasteiger partial charge in [0.25, 0.3) is 0 Å². The zero-order chi connectivity index (χ0) is 2.00. The second kappa shape index (κ2) is 21.6. The van der Waals surface area contributed by atoms with Crippen LogP contribution in [0.3, 0.4) is 0 Å². The van der Waals surface area contributed by atoms with Crippen molar-refractivity contribution in [2.24, 2.45) is 0 Å². The maximum absolute atomic E-state index is 6.25. The summed E-state index contributed by atoms with van der Waals surface area (Å²) >= 11 is 0. The van der Waals surface area contributed by atoms with Gasteiger partial charge in [-0.1, -0.05) is 0 Å². The van der Waals surface area contributed by atoms with Crippen LogP contribution in [0.25, 0.3) is 0 Å². The van der Waals surface area contributed by atoms with Gasteiger partial charge in [0.15, 0.2) is 0 Å². The monoisotopic (exact) mass is 258 g/mol. The van der Waals surface area contributed by atoms with Crippen LogP contribution in [0.15, 0.2) is 0 Å². The van der Waals surface area contributed by atoms with Crippen LogP contribution in [-0.4, -0.2) is 0 Å². The molecule has 1 nitrogen and oxygen atoms in total. The van der Waals surface area contributed by atoms with Crippen LogP contribution in [0.1, 0.15) is 0 Å². The van der Waals surface area contributed by atoms with Gasteiger partial charge in [-0.25, -0.2) is 0 Å².